The molecule has 1 aliphatic heterocycles. The summed E-state index contributed by atoms with van der Waals surface area (Å²) in [5.41, 5.74) is 6.25. The minimum Gasteiger partial charge on any atom is -0.463 e. The highest BCUT2D eigenvalue weighted by atomic mass is 16.5. The molecule has 0 unspecified atom stereocenters. The van der Waals surface area contributed by atoms with E-state index in [0.29, 0.717) is 24.9 Å². The van der Waals surface area contributed by atoms with Crippen LogP contribution in [0, 0.1) is 6.92 Å². The first-order chi connectivity index (χ1) is 16.3. The minimum absolute atomic E-state index is 0. The van der Waals surface area contributed by atoms with E-state index in [1.165, 1.54) is 24.8 Å². The van der Waals surface area contributed by atoms with Crippen LogP contribution in [-0.2, 0) is 6.42 Å². The zero-order valence-electron chi connectivity index (χ0n) is 19.9. The van der Waals surface area contributed by atoms with Gasteiger partial charge in [0.2, 0.25) is 0 Å². The van der Waals surface area contributed by atoms with Gasteiger partial charge in [0.05, 0.1) is 12.8 Å². The quantitative estimate of drug-likeness (QED) is 0.362. The largest absolute Gasteiger partial charge is 0.463 e. The number of anilines is 2. The number of aryl methyl sites for hydroxylation is 1. The van der Waals surface area contributed by atoms with Gasteiger partial charge in [-0.2, -0.15) is 15.1 Å². The standard InChI is InChI=1S/C24H28N6O.C2H6.H2/c1-19-8-7-9-20(16-19)18-26-29-22-17-23(30-13-5-2-6-14-30)28-24(27-22)31-15-11-21-10-3-4-12-25-21;1-2;/h3-4,7-10,12,16-18H,2,5-6,11,13-15H2,1H3,(H,27,28,29);1-2H3;1H/b26-18+;;. The normalized spacial score (nSPS) is 13.4. The van der Waals surface area contributed by atoms with Crippen molar-refractivity contribution in [1.29, 1.82) is 0 Å². The smallest absolute Gasteiger partial charge is 0.320 e. The van der Waals surface area contributed by atoms with Crippen molar-refractivity contribution in [2.24, 2.45) is 5.10 Å². The second-order valence-corrected chi connectivity index (χ2v) is 7.65. The van der Waals surface area contributed by atoms with Crippen molar-refractivity contribution in [3.63, 3.8) is 0 Å². The second kappa shape index (κ2) is 13.2. The molecule has 33 heavy (non-hydrogen) atoms. The number of pyridine rings is 1. The summed E-state index contributed by atoms with van der Waals surface area (Å²) < 4.78 is 5.88. The molecule has 0 saturated carbocycles. The van der Waals surface area contributed by atoms with E-state index in [0.717, 1.165) is 30.2 Å². The number of ether oxygens (including phenoxy) is 1. The summed E-state index contributed by atoms with van der Waals surface area (Å²) in [6, 6.07) is 16.3. The van der Waals surface area contributed by atoms with Gasteiger partial charge in [0, 0.05) is 38.9 Å². The molecule has 7 nitrogen and oxygen atoms in total. The Morgan fingerprint density at radius 3 is 2.67 bits per heavy atom. The third kappa shape index (κ3) is 7.86. The van der Waals surface area contributed by atoms with Crippen molar-refractivity contribution in [2.45, 2.75) is 46.5 Å². The first-order valence-corrected chi connectivity index (χ1v) is 11.8. The van der Waals surface area contributed by atoms with E-state index in [1.54, 1.807) is 12.4 Å². The Labute approximate surface area is 198 Å². The molecule has 1 aromatic carbocycles. The molecule has 0 spiro atoms. The maximum absolute atomic E-state index is 5.88. The molecule has 0 bridgehead atoms. The average Bonchev–Trinajstić information content (AvgIpc) is 2.86. The summed E-state index contributed by atoms with van der Waals surface area (Å²) in [5.74, 6) is 1.49. The average molecular weight is 449 g/mol. The van der Waals surface area contributed by atoms with Crippen LogP contribution in [0.3, 0.4) is 0 Å². The Balaban J connectivity index is 0.00000133. The highest BCUT2D eigenvalue weighted by molar-refractivity contribution is 5.80. The Bertz CT molecular complexity index is 1010. The highest BCUT2D eigenvalue weighted by Crippen LogP contribution is 2.23. The highest BCUT2D eigenvalue weighted by Gasteiger charge is 2.15. The van der Waals surface area contributed by atoms with Crippen LogP contribution in [0.25, 0.3) is 0 Å². The topological polar surface area (TPSA) is 75.5 Å². The molecule has 1 fully saturated rings. The maximum Gasteiger partial charge on any atom is 0.320 e. The van der Waals surface area contributed by atoms with Gasteiger partial charge in [-0.1, -0.05) is 49.7 Å². The van der Waals surface area contributed by atoms with Gasteiger partial charge in [-0.25, -0.2) is 0 Å². The monoisotopic (exact) mass is 448 g/mol. The molecule has 2 aromatic heterocycles. The number of hydrogen-bond donors (Lipinski definition) is 1. The molecule has 0 aliphatic carbocycles. The van der Waals surface area contributed by atoms with Crippen molar-refractivity contribution in [2.75, 3.05) is 30.0 Å². The van der Waals surface area contributed by atoms with Gasteiger partial charge in [0.1, 0.15) is 5.82 Å². The number of hydrogen-bond acceptors (Lipinski definition) is 7. The van der Waals surface area contributed by atoms with Crippen molar-refractivity contribution in [3.8, 4) is 6.01 Å². The number of rotatable bonds is 8. The molecular formula is C26H36N6O. The third-order valence-electron chi connectivity index (χ3n) is 5.12. The van der Waals surface area contributed by atoms with Crippen LogP contribution in [0.1, 0.15) is 51.4 Å². The summed E-state index contributed by atoms with van der Waals surface area (Å²) in [7, 11) is 0. The van der Waals surface area contributed by atoms with E-state index in [2.05, 4.69) is 49.4 Å². The molecule has 3 heterocycles. The zero-order valence-corrected chi connectivity index (χ0v) is 19.9. The number of hydrazone groups is 1. The van der Waals surface area contributed by atoms with Gasteiger partial charge in [-0.05, 0) is 43.9 Å². The molecule has 4 rings (SSSR count). The van der Waals surface area contributed by atoms with Crippen LogP contribution in [0.5, 0.6) is 6.01 Å². The lowest BCUT2D eigenvalue weighted by Crippen LogP contribution is -2.30. The summed E-state index contributed by atoms with van der Waals surface area (Å²) in [5, 5.41) is 4.36. The van der Waals surface area contributed by atoms with Crippen LogP contribution >= 0.6 is 0 Å². The van der Waals surface area contributed by atoms with E-state index < -0.39 is 0 Å². The Morgan fingerprint density at radius 1 is 1.06 bits per heavy atom. The van der Waals surface area contributed by atoms with Crippen molar-refractivity contribution < 1.29 is 6.16 Å². The fourth-order valence-corrected chi connectivity index (χ4v) is 3.54. The lowest BCUT2D eigenvalue weighted by atomic mass is 10.1. The van der Waals surface area contributed by atoms with E-state index in [4.69, 9.17) is 4.74 Å². The number of aromatic nitrogens is 3. The van der Waals surface area contributed by atoms with Crippen LogP contribution in [0.4, 0.5) is 11.6 Å². The first kappa shape index (κ1) is 24.2. The summed E-state index contributed by atoms with van der Waals surface area (Å²) >= 11 is 0. The number of benzene rings is 1. The first-order valence-electron chi connectivity index (χ1n) is 11.8. The minimum atomic E-state index is 0. The van der Waals surface area contributed by atoms with Crippen LogP contribution < -0.4 is 15.1 Å². The number of piperidine rings is 1. The van der Waals surface area contributed by atoms with E-state index in [1.807, 2.05) is 50.2 Å². The lowest BCUT2D eigenvalue weighted by molar-refractivity contribution is 0.295. The van der Waals surface area contributed by atoms with Gasteiger partial charge < -0.3 is 9.64 Å². The zero-order chi connectivity index (χ0) is 23.3. The molecule has 1 aliphatic rings. The Hall–Kier alpha value is -3.48. The van der Waals surface area contributed by atoms with Crippen molar-refractivity contribution in [3.05, 3.63) is 71.5 Å². The van der Waals surface area contributed by atoms with Crippen LogP contribution in [-0.4, -0.2) is 40.9 Å². The van der Waals surface area contributed by atoms with Crippen molar-refractivity contribution >= 4 is 17.9 Å². The number of nitrogens with one attached hydrogen (secondary N) is 1. The van der Waals surface area contributed by atoms with Gasteiger partial charge in [0.15, 0.2) is 5.82 Å². The van der Waals surface area contributed by atoms with Gasteiger partial charge in [0.25, 0.3) is 0 Å². The molecule has 0 radical (unpaired) electrons. The summed E-state index contributed by atoms with van der Waals surface area (Å²) in [4.78, 5) is 15.8. The number of nitrogens with zero attached hydrogens (tertiary/aromatic N) is 5. The molecule has 176 valence electrons. The predicted molar refractivity (Wildman–Crippen MR) is 137 cm³/mol. The SMILES string of the molecule is CC.Cc1cccc(/C=N/Nc2cc(N3CCCCC3)nc(OCCc3ccccn3)n2)c1.[HH]. The summed E-state index contributed by atoms with van der Waals surface area (Å²) in [6.07, 6.45) is 7.89. The molecular weight excluding hydrogens is 412 g/mol. The van der Waals surface area contributed by atoms with E-state index in [-0.39, 0.29) is 1.43 Å². The van der Waals surface area contributed by atoms with E-state index in [9.17, 15) is 0 Å². The predicted octanol–water partition coefficient (Wildman–Crippen LogP) is 5.51. The van der Waals surface area contributed by atoms with Gasteiger partial charge >= 0.3 is 6.01 Å². The Morgan fingerprint density at radius 2 is 1.91 bits per heavy atom. The molecule has 7 heteroatoms. The summed E-state index contributed by atoms with van der Waals surface area (Å²) in [6.45, 7) is 8.52. The molecule has 1 saturated heterocycles. The third-order valence-corrected chi connectivity index (χ3v) is 5.12. The van der Waals surface area contributed by atoms with Crippen molar-refractivity contribution in [1.82, 2.24) is 15.0 Å². The molecule has 1 N–H and O–H groups in total. The van der Waals surface area contributed by atoms with Gasteiger partial charge in [-0.3, -0.25) is 10.4 Å². The molecule has 0 amide bonds. The van der Waals surface area contributed by atoms with Crippen LogP contribution in [0.2, 0.25) is 0 Å². The molecule has 0 atom stereocenters. The fourth-order valence-electron chi connectivity index (χ4n) is 3.54. The van der Waals surface area contributed by atoms with Crippen LogP contribution in [0.15, 0.2) is 59.8 Å². The lowest BCUT2D eigenvalue weighted by Gasteiger charge is -2.28. The maximum atomic E-state index is 5.88. The molecule has 3 aromatic rings. The Kier molecular flexibility index (Phi) is 9.63. The van der Waals surface area contributed by atoms with Gasteiger partial charge in [-0.15, -0.1) is 0 Å². The van der Waals surface area contributed by atoms with E-state index >= 15 is 0 Å². The second-order valence-electron chi connectivity index (χ2n) is 7.65. The fraction of sp³-hybridized carbons (Fsp3) is 0.385.